The van der Waals surface area contributed by atoms with Gasteiger partial charge in [0.1, 0.15) is 5.15 Å². The summed E-state index contributed by atoms with van der Waals surface area (Å²) in [5.74, 6) is 0.610. The number of halogens is 1. The van der Waals surface area contributed by atoms with Gasteiger partial charge in [-0.3, -0.25) is 0 Å². The number of nitrogens with one attached hydrogen (secondary N) is 2. The fourth-order valence-electron chi connectivity index (χ4n) is 1.65. The van der Waals surface area contributed by atoms with Crippen molar-refractivity contribution in [3.63, 3.8) is 0 Å². The first-order valence-electron chi connectivity index (χ1n) is 5.22. The van der Waals surface area contributed by atoms with Gasteiger partial charge in [-0.25, -0.2) is 9.97 Å². The number of rotatable bonds is 3. The maximum absolute atomic E-state index is 5.90. The molecule has 2 N–H and O–H groups in total. The summed E-state index contributed by atoms with van der Waals surface area (Å²) in [5.41, 5.74) is 0.904. The third-order valence-electron chi connectivity index (χ3n) is 2.58. The molecule has 1 aliphatic rings. The van der Waals surface area contributed by atoms with Gasteiger partial charge in [0.05, 0.1) is 0 Å². The third kappa shape index (κ3) is 2.79. The lowest BCUT2D eigenvalue weighted by Crippen LogP contribution is -2.29. The molecule has 1 aromatic heterocycles. The van der Waals surface area contributed by atoms with Crippen LogP contribution in [0.1, 0.15) is 18.4 Å². The normalized spacial score (nSPS) is 20.5. The maximum atomic E-state index is 5.90. The van der Waals surface area contributed by atoms with Crippen molar-refractivity contribution in [2.24, 2.45) is 0 Å². The molecule has 5 heteroatoms. The van der Waals surface area contributed by atoms with Crippen molar-refractivity contribution < 1.29 is 0 Å². The summed E-state index contributed by atoms with van der Waals surface area (Å²) < 4.78 is 0. The molecule has 0 saturated carbocycles. The van der Waals surface area contributed by atoms with Crippen LogP contribution in [-0.4, -0.2) is 29.1 Å². The Morgan fingerprint density at radius 3 is 3.20 bits per heavy atom. The van der Waals surface area contributed by atoms with Crippen LogP contribution in [0.4, 0.5) is 5.95 Å². The van der Waals surface area contributed by atoms with Gasteiger partial charge in [0, 0.05) is 24.3 Å². The first kappa shape index (κ1) is 10.6. The van der Waals surface area contributed by atoms with E-state index in [-0.39, 0.29) is 0 Å². The summed E-state index contributed by atoms with van der Waals surface area (Å²) in [6.07, 6.45) is 4.20. The van der Waals surface area contributed by atoms with Crippen molar-refractivity contribution in [1.82, 2.24) is 15.3 Å². The molecule has 0 spiro atoms. The minimum absolute atomic E-state index is 0.520. The van der Waals surface area contributed by atoms with E-state index in [2.05, 4.69) is 20.6 Å². The van der Waals surface area contributed by atoms with E-state index in [1.807, 2.05) is 6.92 Å². The van der Waals surface area contributed by atoms with Crippen LogP contribution in [0.3, 0.4) is 0 Å². The molecule has 1 atom stereocenters. The summed E-state index contributed by atoms with van der Waals surface area (Å²) in [7, 11) is 0. The van der Waals surface area contributed by atoms with Crippen molar-refractivity contribution in [2.45, 2.75) is 25.8 Å². The van der Waals surface area contributed by atoms with E-state index in [0.717, 1.165) is 18.7 Å². The molecule has 1 aliphatic heterocycles. The number of aromatic nitrogens is 2. The van der Waals surface area contributed by atoms with Crippen LogP contribution in [0.15, 0.2) is 6.20 Å². The second-order valence-corrected chi connectivity index (χ2v) is 4.20. The Hall–Kier alpha value is -0.870. The highest BCUT2D eigenvalue weighted by atomic mass is 35.5. The highest BCUT2D eigenvalue weighted by Gasteiger charge is 2.13. The number of nitrogens with zero attached hydrogens (tertiary/aromatic N) is 2. The second-order valence-electron chi connectivity index (χ2n) is 3.84. The zero-order valence-corrected chi connectivity index (χ0v) is 9.51. The van der Waals surface area contributed by atoms with E-state index in [1.54, 1.807) is 6.20 Å². The number of hydrogen-bond acceptors (Lipinski definition) is 4. The fourth-order valence-corrected chi connectivity index (χ4v) is 1.78. The van der Waals surface area contributed by atoms with E-state index in [0.29, 0.717) is 17.1 Å². The Bertz CT molecular complexity index is 336. The van der Waals surface area contributed by atoms with Gasteiger partial charge in [0.25, 0.3) is 0 Å². The first-order valence-corrected chi connectivity index (χ1v) is 5.60. The van der Waals surface area contributed by atoms with Crippen LogP contribution in [0.2, 0.25) is 5.15 Å². The average molecular weight is 227 g/mol. The smallest absolute Gasteiger partial charge is 0.224 e. The molecule has 0 bridgehead atoms. The number of hydrogen-bond donors (Lipinski definition) is 2. The molecular formula is C10H15ClN4. The van der Waals surface area contributed by atoms with Gasteiger partial charge in [0.2, 0.25) is 5.95 Å². The Kier molecular flexibility index (Phi) is 3.38. The summed E-state index contributed by atoms with van der Waals surface area (Å²) in [6.45, 7) is 3.87. The van der Waals surface area contributed by atoms with E-state index in [1.165, 1.54) is 12.8 Å². The maximum Gasteiger partial charge on any atom is 0.224 e. The van der Waals surface area contributed by atoms with Crippen LogP contribution >= 0.6 is 11.6 Å². The molecule has 1 fully saturated rings. The lowest BCUT2D eigenvalue weighted by Gasteiger charge is -2.11. The molecule has 0 amide bonds. The highest BCUT2D eigenvalue weighted by Crippen LogP contribution is 2.12. The Labute approximate surface area is 94.5 Å². The zero-order valence-electron chi connectivity index (χ0n) is 8.76. The summed E-state index contributed by atoms with van der Waals surface area (Å²) in [4.78, 5) is 8.31. The lowest BCUT2D eigenvalue weighted by molar-refractivity contribution is 0.631. The molecule has 1 unspecified atom stereocenters. The van der Waals surface area contributed by atoms with Crippen LogP contribution in [0.5, 0.6) is 0 Å². The average Bonchev–Trinajstić information content (AvgIpc) is 2.73. The van der Waals surface area contributed by atoms with E-state index in [4.69, 9.17) is 11.6 Å². The zero-order chi connectivity index (χ0) is 10.7. The molecule has 0 radical (unpaired) electrons. The van der Waals surface area contributed by atoms with E-state index < -0.39 is 0 Å². The van der Waals surface area contributed by atoms with Crippen LogP contribution in [0.25, 0.3) is 0 Å². The van der Waals surface area contributed by atoms with Gasteiger partial charge in [0.15, 0.2) is 0 Å². The van der Waals surface area contributed by atoms with Gasteiger partial charge in [-0.1, -0.05) is 11.6 Å². The molecule has 0 aromatic carbocycles. The predicted molar refractivity (Wildman–Crippen MR) is 61.3 cm³/mol. The SMILES string of the molecule is Cc1cnc(NCC2CCCN2)nc1Cl. The third-order valence-corrected chi connectivity index (χ3v) is 2.96. The molecular weight excluding hydrogens is 212 g/mol. The minimum Gasteiger partial charge on any atom is -0.353 e. The van der Waals surface area contributed by atoms with E-state index in [9.17, 15) is 0 Å². The topological polar surface area (TPSA) is 49.8 Å². The quantitative estimate of drug-likeness (QED) is 0.769. The van der Waals surface area contributed by atoms with Crippen LogP contribution < -0.4 is 10.6 Å². The molecule has 1 aromatic rings. The molecule has 4 nitrogen and oxygen atoms in total. The predicted octanol–water partition coefficient (Wildman–Crippen LogP) is 1.60. The Morgan fingerprint density at radius 1 is 1.67 bits per heavy atom. The molecule has 82 valence electrons. The van der Waals surface area contributed by atoms with Crippen LogP contribution in [0, 0.1) is 6.92 Å². The lowest BCUT2D eigenvalue weighted by atomic mass is 10.2. The number of anilines is 1. The number of aryl methyl sites for hydroxylation is 1. The highest BCUT2D eigenvalue weighted by molar-refractivity contribution is 6.30. The van der Waals surface area contributed by atoms with Crippen molar-refractivity contribution >= 4 is 17.5 Å². The second kappa shape index (κ2) is 4.77. The molecule has 15 heavy (non-hydrogen) atoms. The van der Waals surface area contributed by atoms with Gasteiger partial charge >= 0.3 is 0 Å². The van der Waals surface area contributed by atoms with Crippen molar-refractivity contribution in [3.05, 3.63) is 16.9 Å². The van der Waals surface area contributed by atoms with Crippen molar-refractivity contribution in [1.29, 1.82) is 0 Å². The summed E-state index contributed by atoms with van der Waals surface area (Å²) in [5, 5.41) is 7.11. The molecule has 0 aliphatic carbocycles. The summed E-state index contributed by atoms with van der Waals surface area (Å²) >= 11 is 5.90. The van der Waals surface area contributed by atoms with E-state index >= 15 is 0 Å². The fraction of sp³-hybridized carbons (Fsp3) is 0.600. The van der Waals surface area contributed by atoms with Crippen LogP contribution in [-0.2, 0) is 0 Å². The van der Waals surface area contributed by atoms with Gasteiger partial charge < -0.3 is 10.6 Å². The van der Waals surface area contributed by atoms with Crippen molar-refractivity contribution in [3.8, 4) is 0 Å². The minimum atomic E-state index is 0.520. The van der Waals surface area contributed by atoms with Crippen molar-refractivity contribution in [2.75, 3.05) is 18.4 Å². The standard InChI is InChI=1S/C10H15ClN4/c1-7-5-13-10(15-9(7)11)14-6-8-3-2-4-12-8/h5,8,12H,2-4,6H2,1H3,(H,13,14,15). The van der Waals surface area contributed by atoms with Gasteiger partial charge in [-0.2, -0.15) is 0 Å². The first-order chi connectivity index (χ1) is 7.25. The van der Waals surface area contributed by atoms with Gasteiger partial charge in [-0.05, 0) is 26.3 Å². The Morgan fingerprint density at radius 2 is 2.53 bits per heavy atom. The Balaban J connectivity index is 1.90. The monoisotopic (exact) mass is 226 g/mol. The largest absolute Gasteiger partial charge is 0.353 e. The summed E-state index contributed by atoms with van der Waals surface area (Å²) in [6, 6.07) is 0.536. The van der Waals surface area contributed by atoms with Gasteiger partial charge in [-0.15, -0.1) is 0 Å². The molecule has 1 saturated heterocycles. The molecule has 2 rings (SSSR count). The molecule has 2 heterocycles.